The Hall–Kier alpha value is -1.82. The highest BCUT2D eigenvalue weighted by Gasteiger charge is 2.18. The van der Waals surface area contributed by atoms with E-state index >= 15 is 0 Å². The second-order valence-electron chi connectivity index (χ2n) is 4.44. The van der Waals surface area contributed by atoms with Crippen molar-refractivity contribution in [2.24, 2.45) is 0 Å². The van der Waals surface area contributed by atoms with Crippen LogP contribution in [-0.2, 0) is 4.74 Å². The van der Waals surface area contributed by atoms with Gasteiger partial charge in [0.15, 0.2) is 0 Å². The van der Waals surface area contributed by atoms with Crippen molar-refractivity contribution >= 4 is 11.7 Å². The summed E-state index contributed by atoms with van der Waals surface area (Å²) in [6.45, 7) is 4.21. The highest BCUT2D eigenvalue weighted by molar-refractivity contribution is 5.94. The fourth-order valence-electron chi connectivity index (χ4n) is 1.25. The smallest absolute Gasteiger partial charge is 0.338 e. The number of aromatic nitrogens is 1. The molecule has 0 aromatic carbocycles. The largest absolute Gasteiger partial charge is 0.478 e. The van der Waals surface area contributed by atoms with Gasteiger partial charge in [-0.05, 0) is 19.9 Å². The summed E-state index contributed by atoms with van der Waals surface area (Å²) in [6, 6.07) is 1.34. The molecule has 100 valence electrons. The Labute approximate surface area is 106 Å². The number of nitrogen functional groups attached to an aromatic ring is 1. The maximum atomic E-state index is 10.9. The molecule has 3 N–H and O–H groups in total. The lowest BCUT2D eigenvalue weighted by Crippen LogP contribution is -2.25. The van der Waals surface area contributed by atoms with Crippen LogP contribution in [0.5, 0.6) is 5.88 Å². The predicted octanol–water partition coefficient (Wildman–Crippen LogP) is 1.56. The van der Waals surface area contributed by atoms with Crippen molar-refractivity contribution in [3.63, 3.8) is 0 Å². The van der Waals surface area contributed by atoms with Crippen LogP contribution < -0.4 is 10.5 Å². The summed E-state index contributed by atoms with van der Waals surface area (Å²) >= 11 is 0. The van der Waals surface area contributed by atoms with Crippen molar-refractivity contribution in [2.45, 2.75) is 25.9 Å². The molecule has 6 heteroatoms. The molecule has 0 aliphatic heterocycles. The van der Waals surface area contributed by atoms with E-state index in [-0.39, 0.29) is 22.7 Å². The summed E-state index contributed by atoms with van der Waals surface area (Å²) in [4.78, 5) is 14.8. The minimum absolute atomic E-state index is 0.00833. The van der Waals surface area contributed by atoms with Gasteiger partial charge in [0.25, 0.3) is 0 Å². The molecule has 1 heterocycles. The van der Waals surface area contributed by atoms with Gasteiger partial charge < -0.3 is 20.3 Å². The topological polar surface area (TPSA) is 94.7 Å². The van der Waals surface area contributed by atoms with Crippen LogP contribution in [-0.4, -0.2) is 35.4 Å². The van der Waals surface area contributed by atoms with Gasteiger partial charge in [-0.2, -0.15) is 0 Å². The van der Waals surface area contributed by atoms with Crippen LogP contribution in [0.4, 0.5) is 5.69 Å². The van der Waals surface area contributed by atoms with Gasteiger partial charge in [-0.15, -0.1) is 0 Å². The summed E-state index contributed by atoms with van der Waals surface area (Å²) in [7, 11) is 1.62. The number of ether oxygens (including phenoxy) is 2. The zero-order chi connectivity index (χ0) is 13.8. The van der Waals surface area contributed by atoms with Crippen molar-refractivity contribution in [1.82, 2.24) is 4.98 Å². The predicted molar refractivity (Wildman–Crippen MR) is 66.8 cm³/mol. The van der Waals surface area contributed by atoms with E-state index in [1.807, 2.05) is 13.8 Å². The van der Waals surface area contributed by atoms with E-state index in [9.17, 15) is 4.79 Å². The van der Waals surface area contributed by atoms with Crippen molar-refractivity contribution in [2.75, 3.05) is 19.5 Å². The lowest BCUT2D eigenvalue weighted by Gasteiger charge is -2.22. The van der Waals surface area contributed by atoms with Crippen LogP contribution in [0.3, 0.4) is 0 Å². The molecule has 0 aliphatic rings. The minimum Gasteiger partial charge on any atom is -0.478 e. The van der Waals surface area contributed by atoms with Gasteiger partial charge in [0.05, 0.1) is 17.8 Å². The zero-order valence-corrected chi connectivity index (χ0v) is 10.8. The molecule has 0 atom stereocenters. The van der Waals surface area contributed by atoms with Gasteiger partial charge in [-0.3, -0.25) is 0 Å². The molecule has 0 bridgehead atoms. The first kappa shape index (κ1) is 14.2. The van der Waals surface area contributed by atoms with Crippen LogP contribution in [0.1, 0.15) is 30.6 Å². The molecule has 0 fully saturated rings. The Morgan fingerprint density at radius 3 is 2.78 bits per heavy atom. The quantitative estimate of drug-likeness (QED) is 0.799. The number of hydrogen-bond acceptors (Lipinski definition) is 5. The number of aromatic carboxylic acids is 1. The highest BCUT2D eigenvalue weighted by Crippen LogP contribution is 2.23. The molecule has 0 radical (unpaired) electrons. The Balaban J connectivity index is 2.69. The van der Waals surface area contributed by atoms with E-state index in [1.54, 1.807) is 7.11 Å². The molecule has 0 amide bonds. The maximum Gasteiger partial charge on any atom is 0.338 e. The van der Waals surface area contributed by atoms with Gasteiger partial charge in [0.2, 0.25) is 5.88 Å². The third-order valence-electron chi connectivity index (χ3n) is 2.68. The van der Waals surface area contributed by atoms with E-state index in [1.165, 1.54) is 12.3 Å². The molecule has 18 heavy (non-hydrogen) atoms. The van der Waals surface area contributed by atoms with Gasteiger partial charge in [0.1, 0.15) is 5.69 Å². The molecule has 0 spiro atoms. The standard InChI is InChI=1S/C12H18N2O4/c1-12(2,17-3)5-7-18-10-9(13)8(11(15)16)4-6-14-10/h4,6H,5,7,13H2,1-3H3,(H,15,16). The Kier molecular flexibility index (Phi) is 4.49. The third-order valence-corrected chi connectivity index (χ3v) is 2.68. The first-order valence-corrected chi connectivity index (χ1v) is 5.53. The average molecular weight is 254 g/mol. The molecule has 6 nitrogen and oxygen atoms in total. The Morgan fingerprint density at radius 1 is 1.56 bits per heavy atom. The van der Waals surface area contributed by atoms with Crippen LogP contribution in [0.25, 0.3) is 0 Å². The van der Waals surface area contributed by atoms with Crippen molar-refractivity contribution < 1.29 is 19.4 Å². The third kappa shape index (κ3) is 3.59. The molecular formula is C12H18N2O4. The van der Waals surface area contributed by atoms with E-state index in [2.05, 4.69) is 4.98 Å². The lowest BCUT2D eigenvalue weighted by atomic mass is 10.1. The number of carbonyl (C=O) groups is 1. The monoisotopic (exact) mass is 254 g/mol. The van der Waals surface area contributed by atoms with Crippen molar-refractivity contribution in [3.05, 3.63) is 17.8 Å². The number of rotatable bonds is 6. The maximum absolute atomic E-state index is 10.9. The first-order valence-electron chi connectivity index (χ1n) is 5.53. The van der Waals surface area contributed by atoms with Crippen molar-refractivity contribution in [1.29, 1.82) is 0 Å². The number of nitrogens with zero attached hydrogens (tertiary/aromatic N) is 1. The summed E-state index contributed by atoms with van der Waals surface area (Å²) < 4.78 is 10.6. The fourth-order valence-corrected chi connectivity index (χ4v) is 1.25. The molecule has 1 aromatic rings. The van der Waals surface area contributed by atoms with Crippen molar-refractivity contribution in [3.8, 4) is 5.88 Å². The lowest BCUT2D eigenvalue weighted by molar-refractivity contribution is 0.00512. The number of nitrogens with two attached hydrogens (primary N) is 1. The van der Waals surface area contributed by atoms with Crippen LogP contribution >= 0.6 is 0 Å². The van der Waals surface area contributed by atoms with E-state index in [0.29, 0.717) is 13.0 Å². The van der Waals surface area contributed by atoms with Gasteiger partial charge in [0, 0.05) is 19.7 Å². The van der Waals surface area contributed by atoms with Crippen LogP contribution in [0.2, 0.25) is 0 Å². The number of carboxylic acids is 1. The molecule has 0 saturated heterocycles. The summed E-state index contributed by atoms with van der Waals surface area (Å²) in [6.07, 6.45) is 2.00. The number of methoxy groups -OCH3 is 1. The average Bonchev–Trinajstić information content (AvgIpc) is 2.31. The van der Waals surface area contributed by atoms with Gasteiger partial charge in [-0.25, -0.2) is 9.78 Å². The second-order valence-corrected chi connectivity index (χ2v) is 4.44. The number of hydrogen-bond donors (Lipinski definition) is 2. The number of carboxylic acid groups (broad SMARTS) is 1. The van der Waals surface area contributed by atoms with E-state index < -0.39 is 5.97 Å². The fraction of sp³-hybridized carbons (Fsp3) is 0.500. The highest BCUT2D eigenvalue weighted by atomic mass is 16.5. The van der Waals surface area contributed by atoms with E-state index in [4.69, 9.17) is 20.3 Å². The minimum atomic E-state index is -1.10. The summed E-state index contributed by atoms with van der Waals surface area (Å²) in [5.74, 6) is -0.959. The number of anilines is 1. The zero-order valence-electron chi connectivity index (χ0n) is 10.8. The second kappa shape index (κ2) is 5.68. The van der Waals surface area contributed by atoms with Crippen LogP contribution in [0.15, 0.2) is 12.3 Å². The van der Waals surface area contributed by atoms with Gasteiger partial charge >= 0.3 is 5.97 Å². The molecule has 1 aromatic heterocycles. The SMILES string of the molecule is COC(C)(C)CCOc1nccc(C(=O)O)c1N. The molecule has 1 rings (SSSR count). The normalized spacial score (nSPS) is 11.3. The van der Waals surface area contributed by atoms with Crippen LogP contribution in [0, 0.1) is 0 Å². The Morgan fingerprint density at radius 2 is 2.22 bits per heavy atom. The Bertz CT molecular complexity index is 432. The molecule has 0 unspecified atom stereocenters. The summed E-state index contributed by atoms with van der Waals surface area (Å²) in [5, 5.41) is 8.90. The molecule has 0 aliphatic carbocycles. The first-order chi connectivity index (χ1) is 8.37. The van der Waals surface area contributed by atoms with E-state index in [0.717, 1.165) is 0 Å². The molecular weight excluding hydrogens is 236 g/mol. The number of pyridine rings is 1. The van der Waals surface area contributed by atoms with Gasteiger partial charge in [-0.1, -0.05) is 0 Å². The molecule has 0 saturated carbocycles. The summed E-state index contributed by atoms with van der Waals surface area (Å²) in [5.41, 5.74) is 5.39.